The maximum Gasteiger partial charge on any atom is 0.292 e. The molecule has 0 aliphatic rings. The van der Waals surface area contributed by atoms with Crippen molar-refractivity contribution < 1.29 is 14.7 Å². The first-order valence-electron chi connectivity index (χ1n) is 4.96. The summed E-state index contributed by atoms with van der Waals surface area (Å²) in [5, 5.41) is 12.0. The summed E-state index contributed by atoms with van der Waals surface area (Å²) in [5.74, 6) is -1.63. The van der Waals surface area contributed by atoms with Gasteiger partial charge in [-0.15, -0.1) is 0 Å². The second kappa shape index (κ2) is 4.35. The summed E-state index contributed by atoms with van der Waals surface area (Å²) in [6, 6.07) is 5.97. The number of hydrogen-bond acceptors (Lipinski definition) is 3. The van der Waals surface area contributed by atoms with E-state index in [1.807, 2.05) is 0 Å². The third kappa shape index (κ3) is 3.08. The van der Waals surface area contributed by atoms with Crippen LogP contribution in [0.2, 0.25) is 0 Å². The van der Waals surface area contributed by atoms with E-state index < -0.39 is 17.2 Å². The lowest BCUT2D eigenvalue weighted by atomic mass is 10.1. The fourth-order valence-corrected chi connectivity index (χ4v) is 1.19. The molecule has 16 heavy (non-hydrogen) atoms. The molecule has 0 atom stereocenters. The van der Waals surface area contributed by atoms with Crippen LogP contribution in [0.25, 0.3) is 0 Å². The highest BCUT2D eigenvalue weighted by atomic mass is 16.3. The maximum absolute atomic E-state index is 11.7. The van der Waals surface area contributed by atoms with Crippen molar-refractivity contribution in [3.8, 4) is 5.75 Å². The number of carbonyl (C=O) groups is 2. The van der Waals surface area contributed by atoms with Crippen molar-refractivity contribution in [3.63, 3.8) is 0 Å². The van der Waals surface area contributed by atoms with Crippen LogP contribution >= 0.6 is 0 Å². The number of Topliss-reactive ketones (excluding diaryl/α,β-unsaturated/α-hetero) is 1. The smallest absolute Gasteiger partial charge is 0.292 e. The van der Waals surface area contributed by atoms with E-state index in [0.29, 0.717) is 0 Å². The summed E-state index contributed by atoms with van der Waals surface area (Å²) >= 11 is 0. The van der Waals surface area contributed by atoms with Gasteiger partial charge < -0.3 is 10.4 Å². The second-order valence-electron chi connectivity index (χ2n) is 4.55. The number of nitrogens with one attached hydrogen (secondary N) is 1. The van der Waals surface area contributed by atoms with Gasteiger partial charge in [0.1, 0.15) is 5.75 Å². The van der Waals surface area contributed by atoms with Crippen molar-refractivity contribution in [2.45, 2.75) is 26.3 Å². The van der Waals surface area contributed by atoms with Gasteiger partial charge in [-0.1, -0.05) is 12.1 Å². The number of rotatable bonds is 2. The van der Waals surface area contributed by atoms with E-state index in [2.05, 4.69) is 5.32 Å². The molecular formula is C12H15NO3. The number of aromatic hydroxyl groups is 1. The van der Waals surface area contributed by atoms with E-state index >= 15 is 0 Å². The molecule has 0 aromatic heterocycles. The fourth-order valence-electron chi connectivity index (χ4n) is 1.19. The maximum atomic E-state index is 11.7. The van der Waals surface area contributed by atoms with E-state index in [9.17, 15) is 14.7 Å². The number of para-hydroxylation sites is 1. The van der Waals surface area contributed by atoms with Crippen molar-refractivity contribution in [2.75, 3.05) is 0 Å². The van der Waals surface area contributed by atoms with Crippen LogP contribution in [0.5, 0.6) is 5.75 Å². The van der Waals surface area contributed by atoms with Crippen LogP contribution < -0.4 is 5.32 Å². The number of benzene rings is 1. The highest BCUT2D eigenvalue weighted by molar-refractivity contribution is 6.43. The average Bonchev–Trinajstić information content (AvgIpc) is 2.15. The molecule has 0 aliphatic heterocycles. The lowest BCUT2D eigenvalue weighted by molar-refractivity contribution is -0.118. The summed E-state index contributed by atoms with van der Waals surface area (Å²) in [6.07, 6.45) is 0. The molecule has 1 amide bonds. The summed E-state index contributed by atoms with van der Waals surface area (Å²) in [7, 11) is 0. The number of ketones is 1. The predicted molar refractivity (Wildman–Crippen MR) is 60.3 cm³/mol. The minimum atomic E-state index is -0.729. The van der Waals surface area contributed by atoms with Crippen molar-refractivity contribution in [3.05, 3.63) is 29.8 Å². The van der Waals surface area contributed by atoms with Gasteiger partial charge in [0.25, 0.3) is 11.7 Å². The van der Waals surface area contributed by atoms with E-state index in [4.69, 9.17) is 0 Å². The molecule has 0 saturated carbocycles. The lowest BCUT2D eigenvalue weighted by Gasteiger charge is -2.19. The quantitative estimate of drug-likeness (QED) is 0.587. The molecule has 0 aliphatic carbocycles. The molecule has 0 fully saturated rings. The summed E-state index contributed by atoms with van der Waals surface area (Å²) < 4.78 is 0. The molecule has 86 valence electrons. The molecule has 1 rings (SSSR count). The largest absolute Gasteiger partial charge is 0.507 e. The van der Waals surface area contributed by atoms with Gasteiger partial charge in [-0.25, -0.2) is 0 Å². The molecule has 1 aromatic carbocycles. The van der Waals surface area contributed by atoms with Gasteiger partial charge in [0, 0.05) is 5.54 Å². The normalized spacial score (nSPS) is 10.9. The van der Waals surface area contributed by atoms with Crippen molar-refractivity contribution >= 4 is 11.7 Å². The third-order valence-electron chi connectivity index (χ3n) is 1.84. The minimum Gasteiger partial charge on any atom is -0.507 e. The summed E-state index contributed by atoms with van der Waals surface area (Å²) in [5.41, 5.74) is -0.457. The highest BCUT2D eigenvalue weighted by Gasteiger charge is 2.23. The second-order valence-corrected chi connectivity index (χ2v) is 4.55. The van der Waals surface area contributed by atoms with Crippen LogP contribution in [0.1, 0.15) is 31.1 Å². The fraction of sp³-hybridized carbons (Fsp3) is 0.333. The van der Waals surface area contributed by atoms with E-state index in [1.165, 1.54) is 12.1 Å². The van der Waals surface area contributed by atoms with Crippen LogP contribution in [0.4, 0.5) is 0 Å². The lowest BCUT2D eigenvalue weighted by Crippen LogP contribution is -2.44. The standard InChI is InChI=1S/C12H15NO3/c1-12(2,3)13-11(16)10(15)8-6-4-5-7-9(8)14/h4-7,14H,1-3H3,(H,13,16). The first kappa shape index (κ1) is 12.2. The van der Waals surface area contributed by atoms with E-state index in [1.54, 1.807) is 32.9 Å². The van der Waals surface area contributed by atoms with Crippen LogP contribution in [0.15, 0.2) is 24.3 Å². The minimum absolute atomic E-state index is 0.0178. The third-order valence-corrected chi connectivity index (χ3v) is 1.84. The molecule has 4 nitrogen and oxygen atoms in total. The van der Waals surface area contributed by atoms with Crippen LogP contribution in [0, 0.1) is 0 Å². The Hall–Kier alpha value is -1.84. The molecule has 2 N–H and O–H groups in total. The van der Waals surface area contributed by atoms with Gasteiger partial charge in [0.15, 0.2) is 0 Å². The first-order chi connectivity index (χ1) is 7.31. The number of amides is 1. The molecule has 0 spiro atoms. The Bertz CT molecular complexity index is 419. The Labute approximate surface area is 94.3 Å². The van der Waals surface area contributed by atoms with Gasteiger partial charge >= 0.3 is 0 Å². The Morgan fingerprint density at radius 2 is 1.75 bits per heavy atom. The Balaban J connectivity index is 2.88. The number of hydrogen-bond donors (Lipinski definition) is 2. The topological polar surface area (TPSA) is 66.4 Å². The van der Waals surface area contributed by atoms with Gasteiger partial charge in [-0.05, 0) is 32.9 Å². The SMILES string of the molecule is CC(C)(C)NC(=O)C(=O)c1ccccc1O. The molecule has 4 heteroatoms. The predicted octanol–water partition coefficient (Wildman–Crippen LogP) is 1.49. The molecular weight excluding hydrogens is 206 g/mol. The molecule has 1 aromatic rings. The zero-order valence-electron chi connectivity index (χ0n) is 9.57. The monoisotopic (exact) mass is 221 g/mol. The van der Waals surface area contributed by atoms with Crippen molar-refractivity contribution in [1.29, 1.82) is 0 Å². The first-order valence-corrected chi connectivity index (χ1v) is 4.96. The molecule has 0 bridgehead atoms. The number of phenolic OH excluding ortho intramolecular Hbond substituents is 1. The van der Waals surface area contributed by atoms with E-state index in [0.717, 1.165) is 0 Å². The Morgan fingerprint density at radius 3 is 2.25 bits per heavy atom. The Morgan fingerprint density at radius 1 is 1.19 bits per heavy atom. The van der Waals surface area contributed by atoms with Crippen molar-refractivity contribution in [2.24, 2.45) is 0 Å². The summed E-state index contributed by atoms with van der Waals surface area (Å²) in [6.45, 7) is 5.34. The zero-order chi connectivity index (χ0) is 12.3. The van der Waals surface area contributed by atoms with Gasteiger partial charge in [-0.2, -0.15) is 0 Å². The van der Waals surface area contributed by atoms with Gasteiger partial charge in [0.2, 0.25) is 0 Å². The number of carbonyl (C=O) groups excluding carboxylic acids is 2. The zero-order valence-corrected chi connectivity index (χ0v) is 9.57. The summed E-state index contributed by atoms with van der Waals surface area (Å²) in [4.78, 5) is 23.2. The Kier molecular flexibility index (Phi) is 3.32. The molecule has 0 heterocycles. The van der Waals surface area contributed by atoms with Crippen LogP contribution in [0.3, 0.4) is 0 Å². The average molecular weight is 221 g/mol. The number of phenols is 1. The van der Waals surface area contributed by atoms with E-state index in [-0.39, 0.29) is 11.3 Å². The van der Waals surface area contributed by atoms with Gasteiger partial charge in [-0.3, -0.25) is 9.59 Å². The van der Waals surface area contributed by atoms with Gasteiger partial charge in [0.05, 0.1) is 5.56 Å². The van der Waals surface area contributed by atoms with Crippen molar-refractivity contribution in [1.82, 2.24) is 5.32 Å². The van der Waals surface area contributed by atoms with Crippen LogP contribution in [-0.4, -0.2) is 22.3 Å². The molecule has 0 saturated heterocycles. The van der Waals surface area contributed by atoms with Crippen LogP contribution in [-0.2, 0) is 4.79 Å². The molecule has 0 radical (unpaired) electrons. The highest BCUT2D eigenvalue weighted by Crippen LogP contribution is 2.16. The molecule has 0 unspecified atom stereocenters.